The predicted molar refractivity (Wildman–Crippen MR) is 106 cm³/mol. The summed E-state index contributed by atoms with van der Waals surface area (Å²) in [5.74, 6) is -0.266. The zero-order valence-electron chi connectivity index (χ0n) is 14.8. The van der Waals surface area contributed by atoms with Gasteiger partial charge in [-0.1, -0.05) is 23.9 Å². The third-order valence-electron chi connectivity index (χ3n) is 4.43. The molecular weight excluding hydrogens is 404 g/mol. The molecule has 0 bridgehead atoms. The number of ether oxygens (including phenoxy) is 1. The molecule has 1 aliphatic rings. The highest BCUT2D eigenvalue weighted by Gasteiger charge is 2.20. The van der Waals surface area contributed by atoms with E-state index in [9.17, 15) is 13.6 Å². The van der Waals surface area contributed by atoms with Crippen molar-refractivity contribution in [3.63, 3.8) is 0 Å². The van der Waals surface area contributed by atoms with Crippen LogP contribution in [0.25, 0.3) is 10.2 Å². The standard InChI is InChI=1S/C19H17F2N3O2S2/c20-19(21)26-13-7-3-2-6-12(13)24-15(25)9-27-17-16-11-5-1-4-8-14(11)28-18(16)23-10-22-17/h2-3,6-7,10,19H,1,4-5,8-9H2,(H,24,25). The van der Waals surface area contributed by atoms with Gasteiger partial charge in [-0.3, -0.25) is 4.79 Å². The summed E-state index contributed by atoms with van der Waals surface area (Å²) in [6, 6.07) is 6.13. The van der Waals surface area contributed by atoms with Gasteiger partial charge in [-0.15, -0.1) is 11.3 Å². The molecule has 146 valence electrons. The number of amides is 1. The lowest BCUT2D eigenvalue weighted by atomic mass is 9.97. The van der Waals surface area contributed by atoms with Gasteiger partial charge in [-0.2, -0.15) is 8.78 Å². The van der Waals surface area contributed by atoms with Crippen LogP contribution < -0.4 is 10.1 Å². The molecule has 1 aromatic carbocycles. The molecule has 0 unspecified atom stereocenters. The number of halogens is 2. The van der Waals surface area contributed by atoms with Crippen molar-refractivity contribution in [2.75, 3.05) is 11.1 Å². The van der Waals surface area contributed by atoms with Gasteiger partial charge in [0.25, 0.3) is 0 Å². The Labute approximate surface area is 168 Å². The first-order valence-corrected chi connectivity index (χ1v) is 10.6. The molecule has 1 N–H and O–H groups in total. The zero-order valence-corrected chi connectivity index (χ0v) is 16.4. The van der Waals surface area contributed by atoms with E-state index in [-0.39, 0.29) is 23.1 Å². The molecule has 9 heteroatoms. The molecule has 1 amide bonds. The third kappa shape index (κ3) is 4.10. The largest absolute Gasteiger partial charge is 0.433 e. The number of benzene rings is 1. The second-order valence-corrected chi connectivity index (χ2v) is 8.33. The lowest BCUT2D eigenvalue weighted by molar-refractivity contribution is -0.113. The van der Waals surface area contributed by atoms with E-state index in [2.05, 4.69) is 20.0 Å². The number of rotatable bonds is 6. The number of carbonyl (C=O) groups is 1. The highest BCUT2D eigenvalue weighted by molar-refractivity contribution is 8.00. The van der Waals surface area contributed by atoms with Crippen LogP contribution in [0.4, 0.5) is 14.5 Å². The number of nitrogens with one attached hydrogen (secondary N) is 1. The summed E-state index contributed by atoms with van der Waals surface area (Å²) < 4.78 is 29.5. The number of fused-ring (bicyclic) bond motifs is 3. The maximum Gasteiger partial charge on any atom is 0.387 e. The van der Waals surface area contributed by atoms with E-state index in [0.717, 1.165) is 34.5 Å². The van der Waals surface area contributed by atoms with Crippen LogP contribution in [0.2, 0.25) is 0 Å². The molecule has 0 aliphatic heterocycles. The summed E-state index contributed by atoms with van der Waals surface area (Å²) in [5, 5.41) is 4.48. The Hall–Kier alpha value is -2.26. The van der Waals surface area contributed by atoms with Gasteiger partial charge in [-0.25, -0.2) is 9.97 Å². The quantitative estimate of drug-likeness (QED) is 0.453. The van der Waals surface area contributed by atoms with Crippen LogP contribution in [0.3, 0.4) is 0 Å². The fraction of sp³-hybridized carbons (Fsp3) is 0.316. The van der Waals surface area contributed by atoms with Crippen LogP contribution in [0.1, 0.15) is 23.3 Å². The average molecular weight is 421 g/mol. The van der Waals surface area contributed by atoms with Crippen molar-refractivity contribution in [3.05, 3.63) is 41.0 Å². The first kappa shape index (κ1) is 19.1. The van der Waals surface area contributed by atoms with Crippen LogP contribution in [-0.4, -0.2) is 28.2 Å². The van der Waals surface area contributed by atoms with Crippen molar-refractivity contribution in [3.8, 4) is 5.75 Å². The van der Waals surface area contributed by atoms with Crippen LogP contribution in [0.5, 0.6) is 5.75 Å². The SMILES string of the molecule is O=C(CSc1ncnc2sc3c(c12)CCCC3)Nc1ccccc1OC(F)F. The van der Waals surface area contributed by atoms with Gasteiger partial charge in [0.2, 0.25) is 5.91 Å². The van der Waals surface area contributed by atoms with Crippen molar-refractivity contribution < 1.29 is 18.3 Å². The number of carbonyl (C=O) groups excluding carboxylic acids is 1. The molecule has 0 radical (unpaired) electrons. The van der Waals surface area contributed by atoms with Gasteiger partial charge >= 0.3 is 6.61 Å². The highest BCUT2D eigenvalue weighted by Crippen LogP contribution is 2.39. The third-order valence-corrected chi connectivity index (χ3v) is 6.62. The van der Waals surface area contributed by atoms with Crippen molar-refractivity contribution in [1.82, 2.24) is 9.97 Å². The molecule has 0 atom stereocenters. The maximum absolute atomic E-state index is 12.5. The Kier molecular flexibility index (Phi) is 5.72. The molecule has 1 aliphatic carbocycles. The molecular formula is C19H17F2N3O2S2. The Balaban J connectivity index is 1.48. The average Bonchev–Trinajstić information content (AvgIpc) is 3.07. The van der Waals surface area contributed by atoms with Gasteiger partial charge in [-0.05, 0) is 43.4 Å². The molecule has 0 saturated carbocycles. The maximum atomic E-state index is 12.5. The molecule has 3 aromatic rings. The van der Waals surface area contributed by atoms with Crippen molar-refractivity contribution in [2.45, 2.75) is 37.3 Å². The number of anilines is 1. The van der Waals surface area contributed by atoms with E-state index in [4.69, 9.17) is 0 Å². The number of nitrogens with zero attached hydrogens (tertiary/aromatic N) is 2. The lowest BCUT2D eigenvalue weighted by Gasteiger charge is -2.12. The van der Waals surface area contributed by atoms with E-state index >= 15 is 0 Å². The summed E-state index contributed by atoms with van der Waals surface area (Å²) in [7, 11) is 0. The first-order valence-electron chi connectivity index (χ1n) is 8.83. The highest BCUT2D eigenvalue weighted by atomic mass is 32.2. The molecule has 2 aromatic heterocycles. The minimum Gasteiger partial charge on any atom is -0.433 e. The summed E-state index contributed by atoms with van der Waals surface area (Å²) in [6.45, 7) is -2.95. The predicted octanol–water partition coefficient (Wildman–Crippen LogP) is 4.90. The Morgan fingerprint density at radius 3 is 2.93 bits per heavy atom. The number of para-hydroxylation sites is 2. The zero-order chi connectivity index (χ0) is 19.5. The topological polar surface area (TPSA) is 64.1 Å². The second kappa shape index (κ2) is 8.40. The van der Waals surface area contributed by atoms with Crippen LogP contribution >= 0.6 is 23.1 Å². The van der Waals surface area contributed by atoms with Gasteiger partial charge in [0.15, 0.2) is 0 Å². The number of thiophene rings is 1. The number of aromatic nitrogens is 2. The van der Waals surface area contributed by atoms with Gasteiger partial charge in [0, 0.05) is 10.3 Å². The Bertz CT molecular complexity index is 1010. The molecule has 4 rings (SSSR count). The van der Waals surface area contributed by atoms with Crippen molar-refractivity contribution in [1.29, 1.82) is 0 Å². The summed E-state index contributed by atoms with van der Waals surface area (Å²) in [5.41, 5.74) is 1.53. The van der Waals surface area contributed by atoms with Gasteiger partial charge in [0.1, 0.15) is 21.9 Å². The van der Waals surface area contributed by atoms with Crippen LogP contribution in [0.15, 0.2) is 35.6 Å². The smallest absolute Gasteiger partial charge is 0.387 e. The summed E-state index contributed by atoms with van der Waals surface area (Å²) in [4.78, 5) is 23.5. The summed E-state index contributed by atoms with van der Waals surface area (Å²) >= 11 is 3.03. The van der Waals surface area contributed by atoms with E-state index in [1.165, 1.54) is 47.1 Å². The van der Waals surface area contributed by atoms with Gasteiger partial charge in [0.05, 0.1) is 11.4 Å². The number of alkyl halides is 2. The summed E-state index contributed by atoms with van der Waals surface area (Å²) in [6.07, 6.45) is 5.95. The second-order valence-electron chi connectivity index (χ2n) is 6.28. The fourth-order valence-electron chi connectivity index (χ4n) is 3.26. The van der Waals surface area contributed by atoms with Crippen LogP contribution in [0, 0.1) is 0 Å². The number of thioether (sulfide) groups is 1. The van der Waals surface area contributed by atoms with E-state index < -0.39 is 6.61 Å². The van der Waals surface area contributed by atoms with E-state index in [1.807, 2.05) is 0 Å². The Morgan fingerprint density at radius 1 is 1.25 bits per heavy atom. The minimum absolute atomic E-state index is 0.0628. The molecule has 0 spiro atoms. The van der Waals surface area contributed by atoms with Crippen molar-refractivity contribution >= 4 is 44.9 Å². The van der Waals surface area contributed by atoms with E-state index in [0.29, 0.717) is 0 Å². The molecule has 5 nitrogen and oxygen atoms in total. The molecule has 2 heterocycles. The lowest BCUT2D eigenvalue weighted by Crippen LogP contribution is -2.15. The molecule has 0 fully saturated rings. The minimum atomic E-state index is -2.95. The van der Waals surface area contributed by atoms with E-state index in [1.54, 1.807) is 23.5 Å². The Morgan fingerprint density at radius 2 is 2.07 bits per heavy atom. The number of aryl methyl sites for hydroxylation is 2. The first-order chi connectivity index (χ1) is 13.6. The van der Waals surface area contributed by atoms with Crippen LogP contribution in [-0.2, 0) is 17.6 Å². The normalized spacial score (nSPS) is 13.5. The monoisotopic (exact) mass is 421 g/mol. The fourth-order valence-corrected chi connectivity index (χ4v) is 5.38. The number of hydrogen-bond donors (Lipinski definition) is 1. The molecule has 0 saturated heterocycles. The van der Waals surface area contributed by atoms with Gasteiger partial charge < -0.3 is 10.1 Å². The molecule has 28 heavy (non-hydrogen) atoms. The van der Waals surface area contributed by atoms with Crippen molar-refractivity contribution in [2.24, 2.45) is 0 Å². The number of hydrogen-bond acceptors (Lipinski definition) is 6.